The summed E-state index contributed by atoms with van der Waals surface area (Å²) in [5, 5.41) is 16.6. The summed E-state index contributed by atoms with van der Waals surface area (Å²) >= 11 is 5.81. The number of nitrogens with zero attached hydrogens (tertiary/aromatic N) is 3. The lowest BCUT2D eigenvalue weighted by molar-refractivity contribution is -0.384. The van der Waals surface area contributed by atoms with Gasteiger partial charge in [-0.3, -0.25) is 10.1 Å². The monoisotopic (exact) mass is 273 g/mol. The minimum absolute atomic E-state index is 0.0682. The van der Waals surface area contributed by atoms with Gasteiger partial charge in [-0.1, -0.05) is 29.8 Å². The lowest BCUT2D eigenvalue weighted by Crippen LogP contribution is -2.01. The van der Waals surface area contributed by atoms with E-state index < -0.39 is 4.92 Å². The predicted molar refractivity (Wildman–Crippen MR) is 72.7 cm³/mol. The van der Waals surface area contributed by atoms with Crippen LogP contribution < -0.4 is 0 Å². The van der Waals surface area contributed by atoms with Crippen LogP contribution in [0, 0.1) is 10.1 Å². The summed E-state index contributed by atoms with van der Waals surface area (Å²) in [5.74, 6) is 0. The molecule has 19 heavy (non-hydrogen) atoms. The van der Waals surface area contributed by atoms with Gasteiger partial charge < -0.3 is 0 Å². The van der Waals surface area contributed by atoms with Crippen molar-refractivity contribution in [3.63, 3.8) is 0 Å². The SMILES string of the molecule is O=[N+]([O-])c1cc(Cl)ccc1-n1ncc2ccccc21. The van der Waals surface area contributed by atoms with Crippen molar-refractivity contribution in [1.82, 2.24) is 9.78 Å². The van der Waals surface area contributed by atoms with Crippen molar-refractivity contribution in [3.05, 3.63) is 63.8 Å². The van der Waals surface area contributed by atoms with Crippen LogP contribution in [0.3, 0.4) is 0 Å². The number of fused-ring (bicyclic) bond motifs is 1. The minimum Gasteiger partial charge on any atom is -0.258 e. The van der Waals surface area contributed by atoms with E-state index in [4.69, 9.17) is 11.6 Å². The second kappa shape index (κ2) is 4.37. The Hall–Kier alpha value is -2.40. The Balaban J connectivity index is 2.30. The van der Waals surface area contributed by atoms with E-state index in [1.807, 2.05) is 24.3 Å². The molecule has 94 valence electrons. The summed E-state index contributed by atoms with van der Waals surface area (Å²) in [6, 6.07) is 12.1. The second-order valence-electron chi connectivity index (χ2n) is 4.01. The van der Waals surface area contributed by atoms with Gasteiger partial charge in [-0.2, -0.15) is 5.10 Å². The molecule has 3 aromatic rings. The highest BCUT2D eigenvalue weighted by molar-refractivity contribution is 6.30. The molecule has 5 nitrogen and oxygen atoms in total. The third-order valence-corrected chi connectivity index (χ3v) is 3.07. The fraction of sp³-hybridized carbons (Fsp3) is 0. The summed E-state index contributed by atoms with van der Waals surface area (Å²) in [5.41, 5.74) is 1.14. The maximum absolute atomic E-state index is 11.1. The number of aromatic nitrogens is 2. The summed E-state index contributed by atoms with van der Waals surface area (Å²) in [7, 11) is 0. The van der Waals surface area contributed by atoms with Gasteiger partial charge >= 0.3 is 0 Å². The lowest BCUT2D eigenvalue weighted by Gasteiger charge is -2.05. The van der Waals surface area contributed by atoms with Crippen molar-refractivity contribution in [2.45, 2.75) is 0 Å². The van der Waals surface area contributed by atoms with Gasteiger partial charge in [0.05, 0.1) is 16.6 Å². The normalized spacial score (nSPS) is 10.8. The van der Waals surface area contributed by atoms with Gasteiger partial charge in [0.25, 0.3) is 5.69 Å². The first kappa shape index (κ1) is 11.7. The zero-order chi connectivity index (χ0) is 13.4. The van der Waals surface area contributed by atoms with Gasteiger partial charge in [0.2, 0.25) is 0 Å². The zero-order valence-electron chi connectivity index (χ0n) is 9.65. The van der Waals surface area contributed by atoms with E-state index in [0.29, 0.717) is 10.7 Å². The van der Waals surface area contributed by atoms with E-state index >= 15 is 0 Å². The van der Waals surface area contributed by atoms with Crippen LogP contribution in [0.5, 0.6) is 0 Å². The van der Waals surface area contributed by atoms with Gasteiger partial charge in [-0.15, -0.1) is 0 Å². The molecule has 1 aromatic heterocycles. The van der Waals surface area contributed by atoms with Crippen molar-refractivity contribution >= 4 is 28.2 Å². The predicted octanol–water partition coefficient (Wildman–Crippen LogP) is 3.59. The number of para-hydroxylation sites is 1. The van der Waals surface area contributed by atoms with E-state index in [1.54, 1.807) is 23.0 Å². The molecular formula is C13H8ClN3O2. The molecule has 6 heteroatoms. The van der Waals surface area contributed by atoms with E-state index in [-0.39, 0.29) is 5.69 Å². The summed E-state index contributed by atoms with van der Waals surface area (Å²) in [6.07, 6.45) is 1.67. The Kier molecular flexibility index (Phi) is 2.68. The number of hydrogen-bond donors (Lipinski definition) is 0. The molecule has 1 heterocycles. The van der Waals surface area contributed by atoms with E-state index in [0.717, 1.165) is 10.9 Å². The molecule has 0 aliphatic rings. The highest BCUT2D eigenvalue weighted by Crippen LogP contribution is 2.28. The van der Waals surface area contributed by atoms with Gasteiger partial charge in [0, 0.05) is 16.5 Å². The molecule has 0 amide bonds. The van der Waals surface area contributed by atoms with Crippen LogP contribution in [-0.4, -0.2) is 14.7 Å². The molecule has 0 saturated heterocycles. The van der Waals surface area contributed by atoms with E-state index in [1.165, 1.54) is 6.07 Å². The highest BCUT2D eigenvalue weighted by Gasteiger charge is 2.17. The van der Waals surface area contributed by atoms with Gasteiger partial charge in [0.15, 0.2) is 0 Å². The van der Waals surface area contributed by atoms with Crippen molar-refractivity contribution in [3.8, 4) is 5.69 Å². The molecule has 0 aliphatic carbocycles. The van der Waals surface area contributed by atoms with Crippen LogP contribution in [0.15, 0.2) is 48.7 Å². The molecule has 0 spiro atoms. The lowest BCUT2D eigenvalue weighted by atomic mass is 10.2. The van der Waals surface area contributed by atoms with Crippen LogP contribution in [0.1, 0.15) is 0 Å². The minimum atomic E-state index is -0.461. The molecule has 0 aliphatic heterocycles. The molecular weight excluding hydrogens is 266 g/mol. The highest BCUT2D eigenvalue weighted by atomic mass is 35.5. The van der Waals surface area contributed by atoms with Crippen LogP contribution in [-0.2, 0) is 0 Å². The first-order chi connectivity index (χ1) is 9.16. The number of halogens is 1. The Morgan fingerprint density at radius 2 is 2.00 bits per heavy atom. The van der Waals surface area contributed by atoms with Gasteiger partial charge in [-0.25, -0.2) is 4.68 Å². The molecule has 0 unspecified atom stereocenters. The van der Waals surface area contributed by atoms with Crippen molar-refractivity contribution in [2.24, 2.45) is 0 Å². The standard InChI is InChI=1S/C13H8ClN3O2/c14-10-5-6-12(13(7-10)17(18)19)16-11-4-2-1-3-9(11)8-15-16/h1-8H. The maximum atomic E-state index is 11.1. The third kappa shape index (κ3) is 1.94. The fourth-order valence-electron chi connectivity index (χ4n) is 1.99. The molecule has 0 saturated carbocycles. The molecule has 0 bridgehead atoms. The molecule has 0 radical (unpaired) electrons. The topological polar surface area (TPSA) is 61.0 Å². The van der Waals surface area contributed by atoms with Crippen LogP contribution in [0.4, 0.5) is 5.69 Å². The average Bonchev–Trinajstić information content (AvgIpc) is 2.82. The van der Waals surface area contributed by atoms with Crippen molar-refractivity contribution < 1.29 is 4.92 Å². The van der Waals surface area contributed by atoms with Gasteiger partial charge in [0.1, 0.15) is 5.69 Å². The van der Waals surface area contributed by atoms with Crippen LogP contribution in [0.2, 0.25) is 5.02 Å². The molecule has 2 aromatic carbocycles. The first-order valence-electron chi connectivity index (χ1n) is 5.54. The fourth-order valence-corrected chi connectivity index (χ4v) is 2.15. The Bertz CT molecular complexity index is 782. The average molecular weight is 274 g/mol. The van der Waals surface area contributed by atoms with Gasteiger partial charge in [-0.05, 0) is 18.2 Å². The summed E-state index contributed by atoms with van der Waals surface area (Å²) < 4.78 is 1.55. The second-order valence-corrected chi connectivity index (χ2v) is 4.44. The molecule has 0 N–H and O–H groups in total. The number of hydrogen-bond acceptors (Lipinski definition) is 3. The smallest absolute Gasteiger partial charge is 0.258 e. The number of rotatable bonds is 2. The summed E-state index contributed by atoms with van der Waals surface area (Å²) in [6.45, 7) is 0. The molecule has 0 fully saturated rings. The maximum Gasteiger partial charge on any atom is 0.296 e. The number of benzene rings is 2. The number of nitro benzene ring substituents is 1. The van der Waals surface area contributed by atoms with Crippen LogP contribution >= 0.6 is 11.6 Å². The third-order valence-electron chi connectivity index (χ3n) is 2.84. The Morgan fingerprint density at radius 3 is 2.79 bits per heavy atom. The quantitative estimate of drug-likeness (QED) is 0.529. The Morgan fingerprint density at radius 1 is 1.21 bits per heavy atom. The first-order valence-corrected chi connectivity index (χ1v) is 5.92. The number of nitro groups is 1. The van der Waals surface area contributed by atoms with E-state index in [9.17, 15) is 10.1 Å². The van der Waals surface area contributed by atoms with E-state index in [2.05, 4.69) is 5.10 Å². The molecule has 3 rings (SSSR count). The molecule has 0 atom stereocenters. The summed E-state index contributed by atoms with van der Waals surface area (Å²) in [4.78, 5) is 10.7. The zero-order valence-corrected chi connectivity index (χ0v) is 10.4. The van der Waals surface area contributed by atoms with Crippen molar-refractivity contribution in [1.29, 1.82) is 0 Å². The van der Waals surface area contributed by atoms with Crippen LogP contribution in [0.25, 0.3) is 16.6 Å². The largest absolute Gasteiger partial charge is 0.296 e. The Labute approximate surface area is 113 Å². The van der Waals surface area contributed by atoms with Crippen molar-refractivity contribution in [2.75, 3.05) is 0 Å².